The van der Waals surface area contributed by atoms with Gasteiger partial charge in [0.2, 0.25) is 17.7 Å². The van der Waals surface area contributed by atoms with Crippen LogP contribution in [0.4, 0.5) is 14.5 Å². The molecule has 132 valence electrons. The molecular formula is C17H17F2N3O3. The minimum absolute atomic E-state index is 0.00439. The predicted molar refractivity (Wildman–Crippen MR) is 87.1 cm³/mol. The second kappa shape index (κ2) is 8.18. The Morgan fingerprint density at radius 1 is 1.20 bits per heavy atom. The van der Waals surface area contributed by atoms with Gasteiger partial charge in [-0.25, -0.2) is 13.8 Å². The number of benzene rings is 1. The summed E-state index contributed by atoms with van der Waals surface area (Å²) in [6.45, 7) is -0.263. The van der Waals surface area contributed by atoms with Crippen LogP contribution in [0.1, 0.15) is 5.69 Å². The van der Waals surface area contributed by atoms with Crippen molar-refractivity contribution in [1.82, 2.24) is 9.88 Å². The molecule has 2 amide bonds. The number of nitrogens with one attached hydrogen (secondary N) is 1. The van der Waals surface area contributed by atoms with E-state index in [1.807, 2.05) is 0 Å². The average Bonchev–Trinajstić information content (AvgIpc) is 2.53. The summed E-state index contributed by atoms with van der Waals surface area (Å²) in [5, 5.41) is 2.34. The molecule has 1 aromatic carbocycles. The second-order valence-corrected chi connectivity index (χ2v) is 5.30. The van der Waals surface area contributed by atoms with Crippen LogP contribution in [0.25, 0.3) is 0 Å². The Labute approximate surface area is 143 Å². The average molecular weight is 349 g/mol. The number of halogens is 2. The first kappa shape index (κ1) is 18.3. The Morgan fingerprint density at radius 3 is 2.52 bits per heavy atom. The van der Waals surface area contributed by atoms with Crippen LogP contribution in [0.5, 0.6) is 5.88 Å². The van der Waals surface area contributed by atoms with Crippen LogP contribution < -0.4 is 10.1 Å². The molecule has 0 spiro atoms. The zero-order valence-electron chi connectivity index (χ0n) is 13.8. The van der Waals surface area contributed by atoms with Crippen molar-refractivity contribution in [2.24, 2.45) is 0 Å². The largest absolute Gasteiger partial charge is 0.481 e. The number of rotatable bonds is 6. The van der Waals surface area contributed by atoms with Crippen molar-refractivity contribution < 1.29 is 23.1 Å². The normalized spacial score (nSPS) is 10.2. The van der Waals surface area contributed by atoms with E-state index in [0.29, 0.717) is 17.6 Å². The number of nitrogens with zero attached hydrogens (tertiary/aromatic N) is 2. The van der Waals surface area contributed by atoms with Crippen LogP contribution in [-0.2, 0) is 16.0 Å². The summed E-state index contributed by atoms with van der Waals surface area (Å²) < 4.78 is 31.2. The number of amides is 2. The molecule has 1 heterocycles. The lowest BCUT2D eigenvalue weighted by molar-refractivity contribution is -0.132. The molecule has 0 unspecified atom stereocenters. The summed E-state index contributed by atoms with van der Waals surface area (Å²) in [5.41, 5.74) is 0.488. The highest BCUT2D eigenvalue weighted by molar-refractivity contribution is 5.94. The highest BCUT2D eigenvalue weighted by Crippen LogP contribution is 2.13. The Balaban J connectivity index is 1.92. The molecule has 2 aromatic rings. The molecule has 0 aliphatic heterocycles. The highest BCUT2D eigenvalue weighted by Gasteiger charge is 2.15. The molecule has 25 heavy (non-hydrogen) atoms. The number of methoxy groups -OCH3 is 1. The predicted octanol–water partition coefficient (Wildman–Crippen LogP) is 2.01. The van der Waals surface area contributed by atoms with E-state index in [9.17, 15) is 18.4 Å². The lowest BCUT2D eigenvalue weighted by Gasteiger charge is -2.17. The number of carbonyl (C=O) groups excluding carboxylic acids is 2. The van der Waals surface area contributed by atoms with Crippen molar-refractivity contribution in [2.45, 2.75) is 6.42 Å². The summed E-state index contributed by atoms with van der Waals surface area (Å²) in [7, 11) is 2.92. The number of hydrogen-bond donors (Lipinski definition) is 1. The van der Waals surface area contributed by atoms with Gasteiger partial charge in [0.15, 0.2) is 0 Å². The maximum Gasteiger partial charge on any atom is 0.243 e. The summed E-state index contributed by atoms with van der Waals surface area (Å²) in [4.78, 5) is 29.4. The minimum Gasteiger partial charge on any atom is -0.481 e. The molecule has 0 aliphatic carbocycles. The number of hydrogen-bond acceptors (Lipinski definition) is 4. The van der Waals surface area contributed by atoms with Crippen molar-refractivity contribution in [3.8, 4) is 5.88 Å². The quantitative estimate of drug-likeness (QED) is 0.866. The van der Waals surface area contributed by atoms with Crippen LogP contribution in [-0.4, -0.2) is 42.4 Å². The molecule has 0 atom stereocenters. The van der Waals surface area contributed by atoms with E-state index in [1.165, 1.54) is 19.1 Å². The summed E-state index contributed by atoms with van der Waals surface area (Å²) in [6.07, 6.45) is -0.00439. The summed E-state index contributed by atoms with van der Waals surface area (Å²) >= 11 is 0. The van der Waals surface area contributed by atoms with Crippen molar-refractivity contribution in [3.63, 3.8) is 0 Å². The molecule has 0 fully saturated rings. The van der Waals surface area contributed by atoms with Crippen molar-refractivity contribution >= 4 is 17.5 Å². The molecule has 1 N–H and O–H groups in total. The molecule has 0 radical (unpaired) electrons. The standard InChI is InChI=1S/C17H17F2N3O3/c1-22(17(24)9-13-4-3-5-16(21-13)25-2)10-15(23)20-14-7-11(18)6-12(19)8-14/h3-8H,9-10H2,1-2H3,(H,20,23). The fourth-order valence-corrected chi connectivity index (χ4v) is 2.09. The minimum atomic E-state index is -0.802. The topological polar surface area (TPSA) is 71.5 Å². The number of aromatic nitrogens is 1. The smallest absolute Gasteiger partial charge is 0.243 e. The van der Waals surface area contributed by atoms with E-state index >= 15 is 0 Å². The Morgan fingerprint density at radius 2 is 1.88 bits per heavy atom. The number of ether oxygens (including phenoxy) is 1. The van der Waals surface area contributed by atoms with Gasteiger partial charge >= 0.3 is 0 Å². The Hall–Kier alpha value is -3.03. The van der Waals surface area contributed by atoms with Crippen LogP contribution in [0.3, 0.4) is 0 Å². The fraction of sp³-hybridized carbons (Fsp3) is 0.235. The Kier molecular flexibility index (Phi) is 5.99. The van der Waals surface area contributed by atoms with E-state index < -0.39 is 17.5 Å². The van der Waals surface area contributed by atoms with Crippen LogP contribution in [0.15, 0.2) is 36.4 Å². The number of pyridine rings is 1. The van der Waals surface area contributed by atoms with Crippen LogP contribution in [0.2, 0.25) is 0 Å². The zero-order valence-corrected chi connectivity index (χ0v) is 13.8. The molecule has 0 aliphatic rings. The van der Waals surface area contributed by atoms with E-state index in [4.69, 9.17) is 4.74 Å². The first-order valence-electron chi connectivity index (χ1n) is 7.37. The monoisotopic (exact) mass is 349 g/mol. The first-order valence-corrected chi connectivity index (χ1v) is 7.37. The van der Waals surface area contributed by atoms with Gasteiger partial charge in [-0.1, -0.05) is 6.07 Å². The van der Waals surface area contributed by atoms with Gasteiger partial charge in [0.1, 0.15) is 11.6 Å². The van der Waals surface area contributed by atoms with E-state index in [-0.39, 0.29) is 24.6 Å². The second-order valence-electron chi connectivity index (χ2n) is 5.30. The highest BCUT2D eigenvalue weighted by atomic mass is 19.1. The van der Waals surface area contributed by atoms with Crippen molar-refractivity contribution in [3.05, 3.63) is 53.7 Å². The van der Waals surface area contributed by atoms with Gasteiger partial charge in [-0.3, -0.25) is 9.59 Å². The van der Waals surface area contributed by atoms with Gasteiger partial charge in [0, 0.05) is 24.9 Å². The number of carbonyl (C=O) groups is 2. The van der Waals surface area contributed by atoms with Crippen LogP contribution >= 0.6 is 0 Å². The third kappa shape index (κ3) is 5.52. The lowest BCUT2D eigenvalue weighted by Crippen LogP contribution is -2.36. The first-order chi connectivity index (χ1) is 11.9. The van der Waals surface area contributed by atoms with E-state index in [1.54, 1.807) is 18.2 Å². The van der Waals surface area contributed by atoms with E-state index in [2.05, 4.69) is 10.3 Å². The maximum atomic E-state index is 13.1. The third-order valence-electron chi connectivity index (χ3n) is 3.28. The van der Waals surface area contributed by atoms with Crippen LogP contribution in [0, 0.1) is 11.6 Å². The molecule has 0 saturated heterocycles. The lowest BCUT2D eigenvalue weighted by atomic mass is 10.2. The summed E-state index contributed by atoms with van der Waals surface area (Å²) in [5.74, 6) is -2.12. The van der Waals surface area contributed by atoms with Crippen molar-refractivity contribution in [1.29, 1.82) is 0 Å². The Bertz CT molecular complexity index is 763. The molecule has 0 saturated carbocycles. The van der Waals surface area contributed by atoms with Crippen molar-refractivity contribution in [2.75, 3.05) is 26.0 Å². The molecule has 6 nitrogen and oxygen atoms in total. The fourth-order valence-electron chi connectivity index (χ4n) is 2.09. The van der Waals surface area contributed by atoms with Gasteiger partial charge in [-0.05, 0) is 18.2 Å². The van der Waals surface area contributed by atoms with E-state index in [0.717, 1.165) is 12.1 Å². The summed E-state index contributed by atoms with van der Waals surface area (Å²) in [6, 6.07) is 7.71. The number of likely N-dealkylation sites (N-methyl/N-ethyl adjacent to an activating group) is 1. The van der Waals surface area contributed by atoms with Gasteiger partial charge in [-0.15, -0.1) is 0 Å². The molecule has 1 aromatic heterocycles. The number of anilines is 1. The SMILES string of the molecule is COc1cccc(CC(=O)N(C)CC(=O)Nc2cc(F)cc(F)c2)n1. The maximum absolute atomic E-state index is 13.1. The van der Waals surface area contributed by atoms with Gasteiger partial charge in [0.05, 0.1) is 25.8 Å². The third-order valence-corrected chi connectivity index (χ3v) is 3.28. The van der Waals surface area contributed by atoms with Gasteiger partial charge < -0.3 is 15.0 Å². The molecule has 2 rings (SSSR count). The molecule has 8 heteroatoms. The van der Waals surface area contributed by atoms with Gasteiger partial charge in [-0.2, -0.15) is 0 Å². The van der Waals surface area contributed by atoms with Gasteiger partial charge in [0.25, 0.3) is 0 Å². The molecule has 0 bridgehead atoms. The molecular weight excluding hydrogens is 332 g/mol. The zero-order chi connectivity index (χ0) is 18.4.